The third-order valence-corrected chi connectivity index (χ3v) is 5.17. The monoisotopic (exact) mass is 383 g/mol. The average molecular weight is 383 g/mol. The van der Waals surface area contributed by atoms with Gasteiger partial charge in [0, 0.05) is 6.42 Å². The molecule has 1 N–H and O–H groups in total. The lowest BCUT2D eigenvalue weighted by Crippen LogP contribution is -2.57. The van der Waals surface area contributed by atoms with Crippen LogP contribution >= 0.6 is 0 Å². The minimum Gasteiger partial charge on any atom is -0.382 e. The smallest absolute Gasteiger partial charge is 0.373 e. The molecule has 4 rings (SSSR count). The molecule has 0 saturated carbocycles. The first kappa shape index (κ1) is 18.6. The van der Waals surface area contributed by atoms with E-state index < -0.39 is 17.5 Å². The SMILES string of the molecule is O=C(Cc1ccccc1)ON1CC2(O)CC[N+]1(OC(=O)Cc1ccccc1)C2. The van der Waals surface area contributed by atoms with Crippen molar-refractivity contribution in [1.29, 1.82) is 0 Å². The van der Waals surface area contributed by atoms with Crippen LogP contribution in [0.2, 0.25) is 0 Å². The molecule has 2 bridgehead atoms. The van der Waals surface area contributed by atoms with Crippen molar-refractivity contribution >= 4 is 11.9 Å². The minimum atomic E-state index is -1.03. The number of fused-ring (bicyclic) bond motifs is 2. The maximum absolute atomic E-state index is 12.5. The summed E-state index contributed by atoms with van der Waals surface area (Å²) in [6, 6.07) is 18.6. The summed E-state index contributed by atoms with van der Waals surface area (Å²) in [5.74, 6) is -0.889. The van der Waals surface area contributed by atoms with Gasteiger partial charge in [-0.1, -0.05) is 60.7 Å². The van der Waals surface area contributed by atoms with Crippen LogP contribution in [0.5, 0.6) is 0 Å². The molecule has 7 nitrogen and oxygen atoms in total. The third-order valence-electron chi connectivity index (χ3n) is 5.17. The molecular formula is C21H23N2O5+. The summed E-state index contributed by atoms with van der Waals surface area (Å²) in [6.07, 6.45) is 0.706. The van der Waals surface area contributed by atoms with Crippen molar-refractivity contribution in [2.45, 2.75) is 24.9 Å². The highest BCUT2D eigenvalue weighted by Gasteiger charge is 2.66. The number of β-amino-alcohol motifs (C(OH)–C–C–N with tert-alkyl or cyclic N) is 1. The van der Waals surface area contributed by atoms with Crippen molar-refractivity contribution in [2.75, 3.05) is 19.6 Å². The Balaban J connectivity index is 1.43. The lowest BCUT2D eigenvalue weighted by Gasteiger charge is -2.33. The second kappa shape index (κ2) is 7.35. The Kier molecular flexibility index (Phi) is 4.89. The molecule has 2 aromatic rings. The molecule has 28 heavy (non-hydrogen) atoms. The fraction of sp³-hybridized carbons (Fsp3) is 0.333. The minimum absolute atomic E-state index is 0.105. The highest BCUT2D eigenvalue weighted by Crippen LogP contribution is 2.39. The highest BCUT2D eigenvalue weighted by atomic mass is 16.9. The zero-order chi connectivity index (χ0) is 19.6. The van der Waals surface area contributed by atoms with Gasteiger partial charge in [-0.2, -0.15) is 0 Å². The maximum Gasteiger partial charge on any atom is 0.373 e. The van der Waals surface area contributed by atoms with Crippen LogP contribution in [0.1, 0.15) is 17.5 Å². The largest absolute Gasteiger partial charge is 0.382 e. The van der Waals surface area contributed by atoms with Gasteiger partial charge in [-0.25, -0.2) is 9.59 Å². The van der Waals surface area contributed by atoms with Gasteiger partial charge in [0.15, 0.2) is 6.54 Å². The van der Waals surface area contributed by atoms with E-state index in [-0.39, 0.29) is 30.7 Å². The molecule has 0 aromatic heterocycles. The van der Waals surface area contributed by atoms with Crippen molar-refractivity contribution in [3.05, 3.63) is 71.8 Å². The van der Waals surface area contributed by atoms with Gasteiger partial charge in [0.1, 0.15) is 18.7 Å². The molecule has 2 atom stereocenters. The molecule has 2 heterocycles. The van der Waals surface area contributed by atoms with E-state index in [0.717, 1.165) is 11.1 Å². The van der Waals surface area contributed by atoms with Crippen LogP contribution in [0.15, 0.2) is 60.7 Å². The Labute approximate surface area is 163 Å². The fourth-order valence-electron chi connectivity index (χ4n) is 3.83. The summed E-state index contributed by atoms with van der Waals surface area (Å²) < 4.78 is -0.303. The number of carbonyl (C=O) groups is 2. The summed E-state index contributed by atoms with van der Waals surface area (Å²) in [4.78, 5) is 36.1. The van der Waals surface area contributed by atoms with E-state index >= 15 is 0 Å². The molecule has 2 saturated heterocycles. The van der Waals surface area contributed by atoms with Crippen molar-refractivity contribution in [1.82, 2.24) is 5.17 Å². The summed E-state index contributed by atoms with van der Waals surface area (Å²) in [5.41, 5.74) is 0.644. The first-order valence-corrected chi connectivity index (χ1v) is 9.35. The number of rotatable bonds is 6. The molecular weight excluding hydrogens is 360 g/mol. The van der Waals surface area contributed by atoms with Crippen molar-refractivity contribution in [3.63, 3.8) is 0 Å². The lowest BCUT2D eigenvalue weighted by atomic mass is 10.1. The van der Waals surface area contributed by atoms with Gasteiger partial charge in [0.2, 0.25) is 0 Å². The van der Waals surface area contributed by atoms with E-state index in [1.54, 1.807) is 0 Å². The Morgan fingerprint density at radius 2 is 1.54 bits per heavy atom. The average Bonchev–Trinajstić information content (AvgIpc) is 3.13. The van der Waals surface area contributed by atoms with Crippen LogP contribution in [0.3, 0.4) is 0 Å². The Hall–Kier alpha value is -2.74. The number of hydrogen-bond donors (Lipinski definition) is 1. The number of hydroxylamine groups is 3. The molecule has 0 spiro atoms. The van der Waals surface area contributed by atoms with Gasteiger partial charge >= 0.3 is 11.9 Å². The second-order valence-corrected chi connectivity index (χ2v) is 7.46. The van der Waals surface area contributed by atoms with Gasteiger partial charge in [0.25, 0.3) is 0 Å². The van der Waals surface area contributed by atoms with E-state index in [1.807, 2.05) is 60.7 Å². The summed E-state index contributed by atoms with van der Waals surface area (Å²) >= 11 is 0. The number of quaternary nitrogens is 1. The zero-order valence-corrected chi connectivity index (χ0v) is 15.5. The quantitative estimate of drug-likeness (QED) is 0.764. The van der Waals surface area contributed by atoms with Gasteiger partial charge in [-0.3, -0.25) is 4.84 Å². The molecule has 0 aliphatic carbocycles. The van der Waals surface area contributed by atoms with Gasteiger partial charge in [-0.15, -0.1) is 0 Å². The Bertz CT molecular complexity index is 860. The predicted octanol–water partition coefficient (Wildman–Crippen LogP) is 1.57. The molecule has 146 valence electrons. The van der Waals surface area contributed by atoms with E-state index in [1.165, 1.54) is 5.17 Å². The number of carbonyl (C=O) groups excluding carboxylic acids is 2. The van der Waals surface area contributed by atoms with E-state index in [4.69, 9.17) is 9.68 Å². The predicted molar refractivity (Wildman–Crippen MR) is 98.7 cm³/mol. The van der Waals surface area contributed by atoms with Crippen molar-refractivity contribution in [2.24, 2.45) is 0 Å². The van der Waals surface area contributed by atoms with Crippen molar-refractivity contribution < 1.29 is 29.1 Å². The summed E-state index contributed by atoms with van der Waals surface area (Å²) in [5, 5.41) is 11.9. The Morgan fingerprint density at radius 3 is 2.11 bits per heavy atom. The summed E-state index contributed by atoms with van der Waals surface area (Å²) in [6.45, 7) is 0.675. The number of aliphatic hydroxyl groups is 1. The molecule has 2 aliphatic rings. The van der Waals surface area contributed by atoms with Crippen LogP contribution < -0.4 is 0 Å². The first-order valence-electron chi connectivity index (χ1n) is 9.35. The maximum atomic E-state index is 12.5. The summed E-state index contributed by atoms with van der Waals surface area (Å²) in [7, 11) is 0. The topological polar surface area (TPSA) is 76.1 Å². The van der Waals surface area contributed by atoms with Crippen molar-refractivity contribution in [3.8, 4) is 0 Å². The van der Waals surface area contributed by atoms with E-state index in [9.17, 15) is 14.7 Å². The van der Waals surface area contributed by atoms with Crippen LogP contribution in [-0.4, -0.2) is 52.2 Å². The molecule has 0 amide bonds. The van der Waals surface area contributed by atoms with Gasteiger partial charge < -0.3 is 9.94 Å². The molecule has 2 aromatic carbocycles. The zero-order valence-electron chi connectivity index (χ0n) is 15.5. The normalized spacial score (nSPS) is 26.2. The molecule has 0 radical (unpaired) electrons. The number of benzene rings is 2. The van der Waals surface area contributed by atoms with E-state index in [0.29, 0.717) is 13.0 Å². The van der Waals surface area contributed by atoms with Crippen LogP contribution in [0.4, 0.5) is 0 Å². The van der Waals surface area contributed by atoms with Gasteiger partial charge in [-0.05, 0) is 15.9 Å². The molecule has 2 aliphatic heterocycles. The second-order valence-electron chi connectivity index (χ2n) is 7.46. The number of nitrogens with zero attached hydrogens (tertiary/aromatic N) is 2. The lowest BCUT2D eigenvalue weighted by molar-refractivity contribution is -1.18. The van der Waals surface area contributed by atoms with Crippen LogP contribution in [-0.2, 0) is 32.1 Å². The number of hydrogen-bond acceptors (Lipinski definition) is 6. The molecule has 2 fully saturated rings. The van der Waals surface area contributed by atoms with Crippen LogP contribution in [0, 0.1) is 0 Å². The molecule has 2 unspecified atom stereocenters. The standard InChI is InChI=1S/C21H23N2O5/c24-19(13-17-7-3-1-4-8-17)27-22-15-21(26)11-12-23(22,16-21)28-20(25)14-18-9-5-2-6-10-18/h1-10,26H,11-16H2/q+1. The highest BCUT2D eigenvalue weighted by molar-refractivity contribution is 5.72. The molecule has 7 heteroatoms. The first-order chi connectivity index (χ1) is 13.5. The van der Waals surface area contributed by atoms with Crippen LogP contribution in [0.25, 0.3) is 0 Å². The third kappa shape index (κ3) is 3.91. The van der Waals surface area contributed by atoms with E-state index in [2.05, 4.69) is 0 Å². The Morgan fingerprint density at radius 1 is 0.964 bits per heavy atom. The fourth-order valence-corrected chi connectivity index (χ4v) is 3.83. The van der Waals surface area contributed by atoms with Gasteiger partial charge in [0.05, 0.1) is 18.0 Å².